The van der Waals surface area contributed by atoms with Crippen molar-refractivity contribution in [2.75, 3.05) is 6.61 Å². The lowest BCUT2D eigenvalue weighted by Gasteiger charge is -2.07. The van der Waals surface area contributed by atoms with E-state index in [2.05, 4.69) is 65.5 Å². The van der Waals surface area contributed by atoms with E-state index in [0.717, 1.165) is 41.3 Å². The van der Waals surface area contributed by atoms with E-state index in [4.69, 9.17) is 4.74 Å². The summed E-state index contributed by atoms with van der Waals surface area (Å²) in [6, 6.07) is 22.4. The van der Waals surface area contributed by atoms with Crippen molar-refractivity contribution in [2.24, 2.45) is 4.99 Å². The first-order valence-electron chi connectivity index (χ1n) is 16.3. The standard InChI is InChI=1S/C38H52N2O/c1-2-3-4-5-6-7-8-9-10-11-12-13-14-15-16-19-32-41-38-29-25-35(26-30-38)22-21-34-23-27-36(28-24-34)40-33-37-20-17-18-31-39-37/h17-18,20-31,33H,2-16,19,32H2,1H3/b22-21+,40-33?. The van der Waals surface area contributed by atoms with Crippen molar-refractivity contribution in [3.05, 3.63) is 89.7 Å². The molecule has 0 amide bonds. The largest absolute Gasteiger partial charge is 0.494 e. The Kier molecular flexibility index (Phi) is 17.0. The van der Waals surface area contributed by atoms with Gasteiger partial charge in [-0.05, 0) is 53.9 Å². The Labute approximate surface area is 250 Å². The van der Waals surface area contributed by atoms with E-state index >= 15 is 0 Å². The van der Waals surface area contributed by atoms with Crippen LogP contribution in [-0.2, 0) is 0 Å². The second-order valence-electron chi connectivity index (χ2n) is 11.2. The molecule has 0 radical (unpaired) electrons. The van der Waals surface area contributed by atoms with Gasteiger partial charge in [-0.25, -0.2) is 0 Å². The Hall–Kier alpha value is -3.20. The Balaban J connectivity index is 1.18. The minimum absolute atomic E-state index is 0.808. The Bertz CT molecular complexity index is 1090. The minimum Gasteiger partial charge on any atom is -0.494 e. The third-order valence-corrected chi connectivity index (χ3v) is 7.54. The fourth-order valence-electron chi connectivity index (χ4n) is 4.97. The van der Waals surface area contributed by atoms with Crippen molar-refractivity contribution >= 4 is 24.1 Å². The van der Waals surface area contributed by atoms with Crippen LogP contribution in [0.4, 0.5) is 5.69 Å². The molecule has 0 atom stereocenters. The molecule has 0 spiro atoms. The molecule has 0 bridgehead atoms. The lowest BCUT2D eigenvalue weighted by molar-refractivity contribution is 0.304. The number of pyridine rings is 1. The van der Waals surface area contributed by atoms with E-state index in [-0.39, 0.29) is 0 Å². The van der Waals surface area contributed by atoms with E-state index in [1.807, 2.05) is 30.3 Å². The highest BCUT2D eigenvalue weighted by Gasteiger charge is 1.97. The van der Waals surface area contributed by atoms with E-state index < -0.39 is 0 Å². The van der Waals surface area contributed by atoms with Crippen LogP contribution in [0.25, 0.3) is 12.2 Å². The minimum atomic E-state index is 0.808. The van der Waals surface area contributed by atoms with E-state index in [9.17, 15) is 0 Å². The van der Waals surface area contributed by atoms with Gasteiger partial charge in [0.1, 0.15) is 5.75 Å². The number of nitrogens with zero attached hydrogens (tertiary/aromatic N) is 2. The molecule has 1 heterocycles. The normalized spacial score (nSPS) is 11.5. The van der Waals surface area contributed by atoms with Crippen LogP contribution in [0.3, 0.4) is 0 Å². The summed E-state index contributed by atoms with van der Waals surface area (Å²) in [6.45, 7) is 3.10. The smallest absolute Gasteiger partial charge is 0.119 e. The van der Waals surface area contributed by atoms with Crippen LogP contribution >= 0.6 is 0 Å². The first-order chi connectivity index (χ1) is 20.3. The van der Waals surface area contributed by atoms with Gasteiger partial charge in [-0.1, -0.05) is 146 Å². The van der Waals surface area contributed by atoms with Gasteiger partial charge in [0.15, 0.2) is 0 Å². The fourth-order valence-corrected chi connectivity index (χ4v) is 4.97. The number of aromatic nitrogens is 1. The van der Waals surface area contributed by atoms with Gasteiger partial charge in [0.05, 0.1) is 24.2 Å². The predicted molar refractivity (Wildman–Crippen MR) is 178 cm³/mol. The van der Waals surface area contributed by atoms with Crippen molar-refractivity contribution in [1.82, 2.24) is 4.98 Å². The highest BCUT2D eigenvalue weighted by Crippen LogP contribution is 2.18. The summed E-state index contributed by atoms with van der Waals surface area (Å²) in [4.78, 5) is 8.76. The number of ether oxygens (including phenoxy) is 1. The van der Waals surface area contributed by atoms with E-state index in [1.165, 1.54) is 96.3 Å². The molecule has 0 aliphatic rings. The molecular formula is C38H52N2O. The molecule has 0 aliphatic heterocycles. The zero-order valence-corrected chi connectivity index (χ0v) is 25.5. The van der Waals surface area contributed by atoms with Crippen LogP contribution in [0, 0.1) is 0 Å². The monoisotopic (exact) mass is 552 g/mol. The number of hydrogen-bond donors (Lipinski definition) is 0. The Morgan fingerprint density at radius 1 is 0.585 bits per heavy atom. The molecule has 41 heavy (non-hydrogen) atoms. The lowest BCUT2D eigenvalue weighted by atomic mass is 10.0. The van der Waals surface area contributed by atoms with Gasteiger partial charge in [-0.3, -0.25) is 9.98 Å². The molecule has 0 aliphatic carbocycles. The van der Waals surface area contributed by atoms with Crippen LogP contribution in [0.2, 0.25) is 0 Å². The maximum Gasteiger partial charge on any atom is 0.119 e. The average molecular weight is 553 g/mol. The topological polar surface area (TPSA) is 34.5 Å². The first-order valence-corrected chi connectivity index (χ1v) is 16.3. The Morgan fingerprint density at radius 2 is 1.10 bits per heavy atom. The molecule has 0 unspecified atom stereocenters. The quantitative estimate of drug-likeness (QED) is 0.0705. The molecule has 2 aromatic carbocycles. The highest BCUT2D eigenvalue weighted by atomic mass is 16.5. The molecule has 3 heteroatoms. The Morgan fingerprint density at radius 3 is 1.61 bits per heavy atom. The van der Waals surface area contributed by atoms with Crippen LogP contribution < -0.4 is 4.74 Å². The van der Waals surface area contributed by atoms with Gasteiger partial charge in [0.2, 0.25) is 0 Å². The highest BCUT2D eigenvalue weighted by molar-refractivity contribution is 5.79. The second kappa shape index (κ2) is 21.5. The van der Waals surface area contributed by atoms with Gasteiger partial charge in [-0.2, -0.15) is 0 Å². The zero-order chi connectivity index (χ0) is 28.6. The van der Waals surface area contributed by atoms with Crippen molar-refractivity contribution in [2.45, 2.75) is 110 Å². The van der Waals surface area contributed by atoms with Crippen LogP contribution in [-0.4, -0.2) is 17.8 Å². The molecule has 0 saturated carbocycles. The predicted octanol–water partition coefficient (Wildman–Crippen LogP) is 11.6. The number of rotatable bonds is 22. The number of aliphatic imine (C=N–C) groups is 1. The summed E-state index contributed by atoms with van der Waals surface area (Å²) >= 11 is 0. The summed E-state index contributed by atoms with van der Waals surface area (Å²) in [5.41, 5.74) is 4.08. The van der Waals surface area contributed by atoms with Crippen molar-refractivity contribution in [3.8, 4) is 5.75 Å². The number of benzene rings is 2. The van der Waals surface area contributed by atoms with E-state index in [1.54, 1.807) is 12.4 Å². The molecule has 3 aromatic rings. The molecule has 0 fully saturated rings. The molecule has 0 N–H and O–H groups in total. The average Bonchev–Trinajstić information content (AvgIpc) is 3.02. The summed E-state index contributed by atoms with van der Waals surface area (Å²) in [6.07, 6.45) is 30.1. The van der Waals surface area contributed by atoms with E-state index in [0.29, 0.717) is 0 Å². The fraction of sp³-hybridized carbons (Fsp3) is 0.474. The van der Waals surface area contributed by atoms with Gasteiger partial charge >= 0.3 is 0 Å². The molecular weight excluding hydrogens is 500 g/mol. The molecule has 3 nitrogen and oxygen atoms in total. The number of hydrogen-bond acceptors (Lipinski definition) is 3. The van der Waals surface area contributed by atoms with Crippen LogP contribution in [0.1, 0.15) is 126 Å². The second-order valence-corrected chi connectivity index (χ2v) is 11.2. The third-order valence-electron chi connectivity index (χ3n) is 7.54. The molecule has 220 valence electrons. The van der Waals surface area contributed by atoms with Gasteiger partial charge in [0, 0.05) is 6.20 Å². The summed E-state index contributed by atoms with van der Waals surface area (Å²) in [5, 5.41) is 0. The molecule has 1 aromatic heterocycles. The molecule has 3 rings (SSSR count). The summed E-state index contributed by atoms with van der Waals surface area (Å²) < 4.78 is 5.97. The maximum absolute atomic E-state index is 5.97. The SMILES string of the molecule is CCCCCCCCCCCCCCCCCCOc1ccc(/C=C/c2ccc(N=Cc3ccccn3)cc2)cc1. The van der Waals surface area contributed by atoms with Gasteiger partial charge < -0.3 is 4.74 Å². The lowest BCUT2D eigenvalue weighted by Crippen LogP contribution is -1.97. The van der Waals surface area contributed by atoms with Crippen molar-refractivity contribution < 1.29 is 4.74 Å². The van der Waals surface area contributed by atoms with Crippen molar-refractivity contribution in [1.29, 1.82) is 0 Å². The van der Waals surface area contributed by atoms with Crippen LogP contribution in [0.5, 0.6) is 5.75 Å². The maximum atomic E-state index is 5.97. The number of unbranched alkanes of at least 4 members (excludes halogenated alkanes) is 15. The van der Waals surface area contributed by atoms with Crippen LogP contribution in [0.15, 0.2) is 77.9 Å². The summed E-state index contributed by atoms with van der Waals surface area (Å²) in [5.74, 6) is 0.957. The zero-order valence-electron chi connectivity index (χ0n) is 25.5. The molecule has 0 saturated heterocycles. The third kappa shape index (κ3) is 15.4. The van der Waals surface area contributed by atoms with Gasteiger partial charge in [0.25, 0.3) is 0 Å². The summed E-state index contributed by atoms with van der Waals surface area (Å²) in [7, 11) is 0. The van der Waals surface area contributed by atoms with Gasteiger partial charge in [-0.15, -0.1) is 0 Å². The first kappa shape index (κ1) is 32.3. The van der Waals surface area contributed by atoms with Crippen molar-refractivity contribution in [3.63, 3.8) is 0 Å².